The van der Waals surface area contributed by atoms with Crippen LogP contribution in [0.25, 0.3) is 10.2 Å². The average Bonchev–Trinajstić information content (AvgIpc) is 3.19. The lowest BCUT2D eigenvalue weighted by atomic mass is 10.1. The van der Waals surface area contributed by atoms with E-state index in [4.69, 9.17) is 9.47 Å². The highest BCUT2D eigenvalue weighted by molar-refractivity contribution is 7.17. The van der Waals surface area contributed by atoms with Crippen molar-refractivity contribution < 1.29 is 24.2 Å². The molecule has 0 amide bonds. The van der Waals surface area contributed by atoms with Crippen molar-refractivity contribution in [3.63, 3.8) is 0 Å². The van der Waals surface area contributed by atoms with Crippen LogP contribution in [0.3, 0.4) is 0 Å². The largest absolute Gasteiger partial charge is 0.493 e. The number of rotatable bonds is 6. The zero-order valence-electron chi connectivity index (χ0n) is 14.9. The number of aryl methyl sites for hydroxylation is 1. The van der Waals surface area contributed by atoms with E-state index in [9.17, 15) is 14.7 Å². The van der Waals surface area contributed by atoms with E-state index in [0.29, 0.717) is 22.8 Å². The van der Waals surface area contributed by atoms with Gasteiger partial charge in [0.15, 0.2) is 11.5 Å². The molecule has 3 aromatic rings. The number of hydrogen-bond acceptors (Lipinski definition) is 5. The van der Waals surface area contributed by atoms with E-state index in [1.165, 1.54) is 25.6 Å². The molecule has 1 aromatic carbocycles. The van der Waals surface area contributed by atoms with Crippen molar-refractivity contribution in [2.75, 3.05) is 14.2 Å². The minimum Gasteiger partial charge on any atom is -0.493 e. The molecule has 1 unspecified atom stereocenters. The van der Waals surface area contributed by atoms with Gasteiger partial charge in [0.25, 0.3) is 0 Å². The Labute approximate surface area is 154 Å². The summed E-state index contributed by atoms with van der Waals surface area (Å²) in [6.07, 6.45) is 0. The van der Waals surface area contributed by atoms with Gasteiger partial charge in [-0.25, -0.2) is 4.79 Å². The molecule has 136 valence electrons. The number of methoxy groups -OCH3 is 2. The van der Waals surface area contributed by atoms with Gasteiger partial charge in [0.2, 0.25) is 5.78 Å². The number of carbonyl (C=O) groups is 2. The van der Waals surface area contributed by atoms with Crippen molar-refractivity contribution in [1.82, 2.24) is 4.57 Å². The molecule has 0 radical (unpaired) electrons. The van der Waals surface area contributed by atoms with Gasteiger partial charge < -0.3 is 19.1 Å². The van der Waals surface area contributed by atoms with Crippen molar-refractivity contribution in [3.05, 3.63) is 46.5 Å². The Kier molecular flexibility index (Phi) is 4.73. The normalized spacial score (nSPS) is 12.2. The molecule has 2 aromatic heterocycles. The van der Waals surface area contributed by atoms with Crippen LogP contribution < -0.4 is 9.47 Å². The van der Waals surface area contributed by atoms with Crippen LogP contribution in [-0.2, 0) is 4.79 Å². The first kappa shape index (κ1) is 18.0. The standard InChI is InChI=1S/C19H19NO5S/c1-10-9-26-18-13(10)8-14(20(18)11(2)19(22)23)17(21)12-5-6-15(24-3)16(7-12)25-4/h5-9,11H,1-4H3,(H,22,23). The smallest absolute Gasteiger partial charge is 0.326 e. The molecule has 3 rings (SSSR count). The van der Waals surface area contributed by atoms with Crippen molar-refractivity contribution in [3.8, 4) is 11.5 Å². The fraction of sp³-hybridized carbons (Fsp3) is 0.263. The highest BCUT2D eigenvalue weighted by atomic mass is 32.1. The zero-order chi connectivity index (χ0) is 19.0. The Balaban J connectivity index is 2.17. The topological polar surface area (TPSA) is 77.8 Å². The molecule has 7 heteroatoms. The highest BCUT2D eigenvalue weighted by Crippen LogP contribution is 2.34. The lowest BCUT2D eigenvalue weighted by Gasteiger charge is -2.14. The summed E-state index contributed by atoms with van der Waals surface area (Å²) in [7, 11) is 3.02. The lowest BCUT2D eigenvalue weighted by Crippen LogP contribution is -2.20. The number of carbonyl (C=O) groups excluding carboxylic acids is 1. The van der Waals surface area contributed by atoms with Gasteiger partial charge >= 0.3 is 5.97 Å². The fourth-order valence-corrected chi connectivity index (χ4v) is 4.05. The molecule has 0 saturated heterocycles. The third-order valence-electron chi connectivity index (χ3n) is 4.39. The summed E-state index contributed by atoms with van der Waals surface area (Å²) in [5.41, 5.74) is 1.77. The molecule has 26 heavy (non-hydrogen) atoms. The van der Waals surface area contributed by atoms with Crippen LogP contribution >= 0.6 is 11.3 Å². The fourth-order valence-electron chi connectivity index (χ4n) is 2.91. The Bertz CT molecular complexity index is 1000. The van der Waals surface area contributed by atoms with Crippen LogP contribution in [0, 0.1) is 6.92 Å². The van der Waals surface area contributed by atoms with Gasteiger partial charge in [-0.15, -0.1) is 11.3 Å². The molecule has 0 aliphatic heterocycles. The van der Waals surface area contributed by atoms with E-state index >= 15 is 0 Å². The van der Waals surface area contributed by atoms with Crippen LogP contribution in [-0.4, -0.2) is 35.6 Å². The number of benzene rings is 1. The Hall–Kier alpha value is -2.80. The maximum absolute atomic E-state index is 13.1. The maximum Gasteiger partial charge on any atom is 0.326 e. The predicted molar refractivity (Wildman–Crippen MR) is 99.9 cm³/mol. The van der Waals surface area contributed by atoms with E-state index < -0.39 is 12.0 Å². The van der Waals surface area contributed by atoms with Crippen LogP contribution in [0.4, 0.5) is 0 Å². The van der Waals surface area contributed by atoms with Crippen LogP contribution in [0.1, 0.15) is 34.6 Å². The third kappa shape index (κ3) is 2.84. The molecule has 0 fully saturated rings. The van der Waals surface area contributed by atoms with Gasteiger partial charge in [-0.2, -0.15) is 0 Å². The van der Waals surface area contributed by atoms with Crippen molar-refractivity contribution >= 4 is 33.3 Å². The Morgan fingerprint density at radius 3 is 2.46 bits per heavy atom. The van der Waals surface area contributed by atoms with Gasteiger partial charge in [0.1, 0.15) is 10.9 Å². The molecule has 0 spiro atoms. The second kappa shape index (κ2) is 6.84. The number of ether oxygens (including phenoxy) is 2. The Morgan fingerprint density at radius 1 is 1.15 bits per heavy atom. The summed E-state index contributed by atoms with van der Waals surface area (Å²) in [6.45, 7) is 3.52. The number of aromatic nitrogens is 1. The minimum absolute atomic E-state index is 0.262. The number of carboxylic acids is 1. The first-order valence-corrected chi connectivity index (χ1v) is 8.85. The van der Waals surface area contributed by atoms with Crippen LogP contribution in [0.5, 0.6) is 11.5 Å². The molecule has 6 nitrogen and oxygen atoms in total. The molecular weight excluding hydrogens is 354 g/mol. The predicted octanol–water partition coefficient (Wildman–Crippen LogP) is 3.91. The molecule has 0 bridgehead atoms. The number of hydrogen-bond donors (Lipinski definition) is 1. The third-order valence-corrected chi connectivity index (χ3v) is 5.50. The van der Waals surface area contributed by atoms with E-state index in [-0.39, 0.29) is 5.78 Å². The molecule has 0 saturated carbocycles. The molecule has 2 heterocycles. The first-order chi connectivity index (χ1) is 12.4. The summed E-state index contributed by atoms with van der Waals surface area (Å²) >= 11 is 1.44. The van der Waals surface area contributed by atoms with Gasteiger partial charge in [-0.3, -0.25) is 4.79 Å². The molecule has 1 atom stereocenters. The molecule has 1 N–H and O–H groups in total. The second-order valence-electron chi connectivity index (χ2n) is 5.95. The number of thiophene rings is 1. The number of nitrogens with zero attached hydrogens (tertiary/aromatic N) is 1. The van der Waals surface area contributed by atoms with Gasteiger partial charge in [0.05, 0.1) is 19.9 Å². The first-order valence-electron chi connectivity index (χ1n) is 7.97. The number of carboxylic acid groups (broad SMARTS) is 1. The monoisotopic (exact) mass is 373 g/mol. The number of fused-ring (bicyclic) bond motifs is 1. The molecular formula is C19H19NO5S. The van der Waals surface area contributed by atoms with Crippen LogP contribution in [0.2, 0.25) is 0 Å². The number of aliphatic carboxylic acids is 1. The van der Waals surface area contributed by atoms with E-state index in [0.717, 1.165) is 15.8 Å². The average molecular weight is 373 g/mol. The van der Waals surface area contributed by atoms with Crippen LogP contribution in [0.15, 0.2) is 29.6 Å². The van der Waals surface area contributed by atoms with Gasteiger partial charge in [0, 0.05) is 10.9 Å². The summed E-state index contributed by atoms with van der Waals surface area (Å²) in [5.74, 6) is -0.285. The maximum atomic E-state index is 13.1. The second-order valence-corrected chi connectivity index (χ2v) is 6.81. The van der Waals surface area contributed by atoms with Crippen molar-refractivity contribution in [2.45, 2.75) is 19.9 Å². The summed E-state index contributed by atoms with van der Waals surface area (Å²) < 4.78 is 12.1. The molecule has 0 aliphatic rings. The minimum atomic E-state index is -0.991. The molecule has 0 aliphatic carbocycles. The van der Waals surface area contributed by atoms with E-state index in [2.05, 4.69) is 0 Å². The number of ketones is 1. The van der Waals surface area contributed by atoms with E-state index in [1.54, 1.807) is 35.8 Å². The highest BCUT2D eigenvalue weighted by Gasteiger charge is 2.26. The summed E-state index contributed by atoms with van der Waals surface area (Å²) in [4.78, 5) is 25.5. The zero-order valence-corrected chi connectivity index (χ0v) is 15.7. The SMILES string of the molecule is COc1ccc(C(=O)c2cc3c(C)csc3n2C(C)C(=O)O)cc1OC. The quantitative estimate of drug-likeness (QED) is 0.663. The van der Waals surface area contributed by atoms with Crippen molar-refractivity contribution in [1.29, 1.82) is 0 Å². The van der Waals surface area contributed by atoms with Gasteiger partial charge in [-0.05, 0) is 49.1 Å². The summed E-state index contributed by atoms with van der Waals surface area (Å²) in [5, 5.41) is 12.3. The lowest BCUT2D eigenvalue weighted by molar-refractivity contribution is -0.140. The van der Waals surface area contributed by atoms with Gasteiger partial charge in [-0.1, -0.05) is 0 Å². The summed E-state index contributed by atoms with van der Waals surface area (Å²) in [6, 6.07) is 5.82. The van der Waals surface area contributed by atoms with E-state index in [1.807, 2.05) is 12.3 Å². The Morgan fingerprint density at radius 2 is 1.85 bits per heavy atom. The van der Waals surface area contributed by atoms with Crippen molar-refractivity contribution in [2.24, 2.45) is 0 Å².